The molecule has 0 spiro atoms. The summed E-state index contributed by atoms with van der Waals surface area (Å²) in [6, 6.07) is 11.5. The molecule has 0 radical (unpaired) electrons. The predicted molar refractivity (Wildman–Crippen MR) is 105 cm³/mol. The predicted octanol–water partition coefficient (Wildman–Crippen LogP) is 2.26. The fourth-order valence-corrected chi connectivity index (χ4v) is 2.91. The Labute approximate surface area is 165 Å². The van der Waals surface area contributed by atoms with E-state index in [4.69, 9.17) is 9.47 Å². The van der Waals surface area contributed by atoms with Crippen LogP contribution in [0.2, 0.25) is 0 Å². The van der Waals surface area contributed by atoms with Crippen LogP contribution in [0, 0.1) is 0 Å². The number of aromatic amines is 1. The number of benzene rings is 1. The lowest BCUT2D eigenvalue weighted by molar-refractivity contribution is 0.0526. The van der Waals surface area contributed by atoms with Gasteiger partial charge in [-0.1, -0.05) is 30.3 Å². The second-order valence-electron chi connectivity index (χ2n) is 6.27. The first-order chi connectivity index (χ1) is 14.2. The highest BCUT2D eigenvalue weighted by molar-refractivity contribution is 5.88. The number of fused-ring (bicyclic) bond motifs is 1. The van der Waals surface area contributed by atoms with Crippen LogP contribution >= 0.6 is 0 Å². The summed E-state index contributed by atoms with van der Waals surface area (Å²) in [6.07, 6.45) is 4.57. The molecule has 0 saturated carbocycles. The summed E-state index contributed by atoms with van der Waals surface area (Å²) in [5, 5.41) is 4.08. The molecule has 0 bridgehead atoms. The summed E-state index contributed by atoms with van der Waals surface area (Å²) in [5.74, 6) is -0.273. The Morgan fingerprint density at radius 1 is 1.21 bits per heavy atom. The monoisotopic (exact) mass is 393 g/mol. The second-order valence-corrected chi connectivity index (χ2v) is 6.27. The number of hydrogen-bond donors (Lipinski definition) is 1. The van der Waals surface area contributed by atoms with Gasteiger partial charge in [-0.25, -0.2) is 14.5 Å². The summed E-state index contributed by atoms with van der Waals surface area (Å²) in [7, 11) is 0. The Morgan fingerprint density at radius 2 is 2.03 bits per heavy atom. The second kappa shape index (κ2) is 8.11. The van der Waals surface area contributed by atoms with Gasteiger partial charge >= 0.3 is 5.97 Å². The average Bonchev–Trinajstić information content (AvgIpc) is 3.37. The van der Waals surface area contributed by atoms with Gasteiger partial charge in [0, 0.05) is 12.4 Å². The number of H-pyrrole nitrogens is 1. The van der Waals surface area contributed by atoms with Gasteiger partial charge in [0.15, 0.2) is 0 Å². The topological polar surface area (TPSA) is 104 Å². The molecule has 0 atom stereocenters. The lowest BCUT2D eigenvalue weighted by atomic mass is 10.2. The van der Waals surface area contributed by atoms with Crippen molar-refractivity contribution in [3.05, 3.63) is 76.5 Å². The van der Waals surface area contributed by atoms with Crippen LogP contribution in [0.25, 0.3) is 17.0 Å². The van der Waals surface area contributed by atoms with Crippen molar-refractivity contribution < 1.29 is 14.3 Å². The van der Waals surface area contributed by atoms with Gasteiger partial charge in [0.1, 0.15) is 12.2 Å². The van der Waals surface area contributed by atoms with Crippen LogP contribution in [-0.4, -0.2) is 36.9 Å². The molecule has 1 N–H and O–H groups in total. The van der Waals surface area contributed by atoms with E-state index in [9.17, 15) is 9.59 Å². The molecule has 3 aromatic heterocycles. The largest absolute Gasteiger partial charge is 0.462 e. The third-order valence-electron chi connectivity index (χ3n) is 4.26. The lowest BCUT2D eigenvalue weighted by Crippen LogP contribution is -2.17. The first-order valence-corrected chi connectivity index (χ1v) is 9.08. The quantitative estimate of drug-likeness (QED) is 0.483. The number of rotatable bonds is 7. The summed E-state index contributed by atoms with van der Waals surface area (Å²) >= 11 is 0. The van der Waals surface area contributed by atoms with E-state index >= 15 is 0 Å². The Hall–Kier alpha value is -3.72. The molecule has 1 aromatic carbocycles. The van der Waals surface area contributed by atoms with E-state index in [-0.39, 0.29) is 30.4 Å². The van der Waals surface area contributed by atoms with Gasteiger partial charge in [0.05, 0.1) is 30.5 Å². The van der Waals surface area contributed by atoms with Crippen LogP contribution in [0.4, 0.5) is 0 Å². The van der Waals surface area contributed by atoms with Gasteiger partial charge in [0.25, 0.3) is 5.56 Å². The fourth-order valence-electron chi connectivity index (χ4n) is 2.91. The molecular formula is C20H19N5O4. The van der Waals surface area contributed by atoms with Gasteiger partial charge < -0.3 is 14.0 Å². The third kappa shape index (κ3) is 3.94. The summed E-state index contributed by atoms with van der Waals surface area (Å²) in [4.78, 5) is 31.5. The number of ether oxygens (including phenoxy) is 2. The smallest absolute Gasteiger partial charge is 0.341 e. The standard InChI is InChI=1S/C20H19N5O4/c1-2-29-19(27)15-10-21-25(11-15)20-22-16-8-9-24(17(16)18(26)23-20)13-28-12-14-6-4-3-5-7-14/h3-11H,2,12-13H2,1H3,(H,22,23,26). The van der Waals surface area contributed by atoms with Crippen molar-refractivity contribution in [1.29, 1.82) is 0 Å². The van der Waals surface area contributed by atoms with E-state index in [0.29, 0.717) is 17.6 Å². The number of hydrogen-bond acceptors (Lipinski definition) is 6. The Morgan fingerprint density at radius 3 is 2.83 bits per heavy atom. The molecule has 0 amide bonds. The van der Waals surface area contributed by atoms with E-state index in [1.165, 1.54) is 17.1 Å². The minimum Gasteiger partial charge on any atom is -0.462 e. The van der Waals surface area contributed by atoms with Gasteiger partial charge in [-0.05, 0) is 18.6 Å². The summed E-state index contributed by atoms with van der Waals surface area (Å²) in [5.41, 5.74) is 1.90. The Kier molecular flexibility index (Phi) is 5.21. The van der Waals surface area contributed by atoms with Crippen LogP contribution in [-0.2, 0) is 22.8 Å². The van der Waals surface area contributed by atoms with Crippen molar-refractivity contribution in [2.75, 3.05) is 6.61 Å². The minimum absolute atomic E-state index is 0.209. The van der Waals surface area contributed by atoms with Gasteiger partial charge in [-0.15, -0.1) is 0 Å². The average molecular weight is 393 g/mol. The van der Waals surface area contributed by atoms with Gasteiger partial charge in [-0.2, -0.15) is 5.10 Å². The van der Waals surface area contributed by atoms with Crippen molar-refractivity contribution in [3.63, 3.8) is 0 Å². The molecule has 4 rings (SSSR count). The molecule has 0 saturated heterocycles. The molecular weight excluding hydrogens is 374 g/mol. The SMILES string of the molecule is CCOC(=O)c1cnn(-c2nc3ccn(COCc4ccccc4)c3c(=O)[nH]2)c1. The maximum atomic E-state index is 12.6. The van der Waals surface area contributed by atoms with Crippen LogP contribution in [0.5, 0.6) is 0 Å². The van der Waals surface area contributed by atoms with Crippen LogP contribution in [0.3, 0.4) is 0 Å². The van der Waals surface area contributed by atoms with Crippen molar-refractivity contribution in [2.24, 2.45) is 0 Å². The molecule has 4 aromatic rings. The lowest BCUT2D eigenvalue weighted by Gasteiger charge is -2.07. The summed E-state index contributed by atoms with van der Waals surface area (Å²) in [6.45, 7) is 2.65. The van der Waals surface area contributed by atoms with E-state index < -0.39 is 5.97 Å². The zero-order chi connectivity index (χ0) is 20.2. The number of esters is 1. The molecule has 3 heterocycles. The molecule has 148 valence electrons. The fraction of sp³-hybridized carbons (Fsp3) is 0.200. The molecule has 9 nitrogen and oxygen atoms in total. The number of aromatic nitrogens is 5. The Balaban J connectivity index is 1.54. The molecule has 0 aliphatic heterocycles. The van der Waals surface area contributed by atoms with E-state index in [1.807, 2.05) is 30.3 Å². The first kappa shape index (κ1) is 18.6. The van der Waals surface area contributed by atoms with Crippen LogP contribution in [0.1, 0.15) is 22.8 Å². The van der Waals surface area contributed by atoms with Crippen molar-refractivity contribution in [3.8, 4) is 5.95 Å². The maximum Gasteiger partial charge on any atom is 0.341 e. The van der Waals surface area contributed by atoms with Crippen LogP contribution < -0.4 is 5.56 Å². The van der Waals surface area contributed by atoms with E-state index in [2.05, 4.69) is 15.1 Å². The zero-order valence-electron chi connectivity index (χ0n) is 15.7. The number of nitrogens with zero attached hydrogens (tertiary/aromatic N) is 4. The number of carbonyl (C=O) groups is 1. The molecule has 0 aliphatic rings. The highest BCUT2D eigenvalue weighted by Crippen LogP contribution is 2.12. The first-order valence-electron chi connectivity index (χ1n) is 9.08. The Bertz CT molecular complexity index is 1190. The molecule has 29 heavy (non-hydrogen) atoms. The molecule has 0 unspecified atom stereocenters. The number of carbonyl (C=O) groups excluding carboxylic acids is 1. The van der Waals surface area contributed by atoms with Crippen molar-refractivity contribution >= 4 is 17.0 Å². The molecule has 9 heteroatoms. The van der Waals surface area contributed by atoms with Gasteiger partial charge in [-0.3, -0.25) is 9.78 Å². The van der Waals surface area contributed by atoms with E-state index in [1.54, 1.807) is 23.8 Å². The van der Waals surface area contributed by atoms with E-state index in [0.717, 1.165) is 5.56 Å². The zero-order valence-corrected chi connectivity index (χ0v) is 15.7. The third-order valence-corrected chi connectivity index (χ3v) is 4.26. The molecule has 0 aliphatic carbocycles. The highest BCUT2D eigenvalue weighted by Gasteiger charge is 2.14. The summed E-state index contributed by atoms with van der Waals surface area (Å²) < 4.78 is 13.7. The maximum absolute atomic E-state index is 12.6. The highest BCUT2D eigenvalue weighted by atomic mass is 16.5. The normalized spacial score (nSPS) is 11.1. The number of nitrogens with one attached hydrogen (secondary N) is 1. The van der Waals surface area contributed by atoms with Gasteiger partial charge in [0.2, 0.25) is 5.95 Å². The molecule has 0 fully saturated rings. The van der Waals surface area contributed by atoms with Crippen molar-refractivity contribution in [1.82, 2.24) is 24.3 Å². The van der Waals surface area contributed by atoms with Crippen LogP contribution in [0.15, 0.2) is 59.8 Å². The minimum atomic E-state index is -0.483. The van der Waals surface area contributed by atoms with Crippen molar-refractivity contribution in [2.45, 2.75) is 20.3 Å².